The quantitative estimate of drug-likeness (QED) is 0.0851. The van der Waals surface area contributed by atoms with E-state index in [1.165, 1.54) is 0 Å². The Bertz CT molecular complexity index is 1830. The van der Waals surface area contributed by atoms with Crippen LogP contribution in [0.2, 0.25) is 0 Å². The number of methoxy groups -OCH3 is 2. The van der Waals surface area contributed by atoms with Gasteiger partial charge in [-0.05, 0) is 53.8 Å². The number of nitrogens with two attached hydrogens (primary N) is 1. The molecule has 0 bridgehead atoms. The van der Waals surface area contributed by atoms with Crippen LogP contribution in [-0.2, 0) is 10.8 Å². The summed E-state index contributed by atoms with van der Waals surface area (Å²) in [5.74, 6) is 1.07. The Balaban J connectivity index is 1.81. The first kappa shape index (κ1) is 34.7. The highest BCUT2D eigenvalue weighted by molar-refractivity contribution is 5.61. The molecule has 6 aromatic rings. The van der Waals surface area contributed by atoms with Gasteiger partial charge >= 0.3 is 0 Å². The van der Waals surface area contributed by atoms with Crippen LogP contribution in [0.3, 0.4) is 0 Å². The third-order valence-electron chi connectivity index (χ3n) is 10.3. The number of rotatable bonds is 15. The molecule has 0 saturated heterocycles. The van der Waals surface area contributed by atoms with Gasteiger partial charge in [-0.1, -0.05) is 164 Å². The minimum Gasteiger partial charge on any atom is -0.496 e. The first-order valence-corrected chi connectivity index (χ1v) is 17.5. The zero-order valence-electron chi connectivity index (χ0n) is 29.0. The zero-order valence-corrected chi connectivity index (χ0v) is 29.0. The lowest BCUT2D eigenvalue weighted by Gasteiger charge is -2.51. The summed E-state index contributed by atoms with van der Waals surface area (Å²) < 4.78 is 12.4. The maximum absolute atomic E-state index is 14.1. The molecule has 2 atom stereocenters. The van der Waals surface area contributed by atoms with Crippen LogP contribution < -0.4 is 15.2 Å². The predicted molar refractivity (Wildman–Crippen MR) is 204 cm³/mol. The van der Waals surface area contributed by atoms with Gasteiger partial charge in [0.05, 0.1) is 31.2 Å². The molecule has 6 aromatic carbocycles. The molecule has 4 heteroatoms. The first-order valence-electron chi connectivity index (χ1n) is 17.5. The summed E-state index contributed by atoms with van der Waals surface area (Å²) in [5, 5.41) is 14.1. The molecule has 6 rings (SSSR count). The summed E-state index contributed by atoms with van der Waals surface area (Å²) in [7, 11) is 3.43. The number of ether oxygens (including phenoxy) is 2. The smallest absolute Gasteiger partial charge is 0.123 e. The van der Waals surface area contributed by atoms with Crippen molar-refractivity contribution in [3.05, 3.63) is 203 Å². The summed E-state index contributed by atoms with van der Waals surface area (Å²) >= 11 is 0. The van der Waals surface area contributed by atoms with E-state index in [4.69, 9.17) is 15.2 Å². The molecule has 0 heterocycles. The van der Waals surface area contributed by atoms with Gasteiger partial charge in [-0.15, -0.1) is 0 Å². The average molecular weight is 662 g/mol. The first-order chi connectivity index (χ1) is 24.6. The van der Waals surface area contributed by atoms with Crippen molar-refractivity contribution >= 4 is 0 Å². The van der Waals surface area contributed by atoms with Crippen LogP contribution in [0.1, 0.15) is 52.6 Å². The Morgan fingerprint density at radius 3 is 1.20 bits per heavy atom. The molecule has 0 aliphatic carbocycles. The molecule has 0 saturated carbocycles. The molecule has 50 heavy (non-hydrogen) atoms. The van der Waals surface area contributed by atoms with E-state index in [1.54, 1.807) is 14.2 Å². The van der Waals surface area contributed by atoms with Gasteiger partial charge in [0.2, 0.25) is 0 Å². The Morgan fingerprint density at radius 2 is 0.820 bits per heavy atom. The molecule has 0 spiro atoms. The maximum atomic E-state index is 14.1. The number of hydrogen-bond acceptors (Lipinski definition) is 4. The molecule has 254 valence electrons. The van der Waals surface area contributed by atoms with Gasteiger partial charge in [0, 0.05) is 17.0 Å². The topological polar surface area (TPSA) is 64.7 Å². The maximum Gasteiger partial charge on any atom is 0.123 e. The van der Waals surface area contributed by atoms with Crippen molar-refractivity contribution in [2.45, 2.75) is 36.2 Å². The summed E-state index contributed by atoms with van der Waals surface area (Å²) in [5.41, 5.74) is 10.2. The summed E-state index contributed by atoms with van der Waals surface area (Å²) in [6, 6.07) is 58.5. The fourth-order valence-electron chi connectivity index (χ4n) is 8.25. The largest absolute Gasteiger partial charge is 0.496 e. The van der Waals surface area contributed by atoms with Gasteiger partial charge in [-0.25, -0.2) is 0 Å². The van der Waals surface area contributed by atoms with E-state index >= 15 is 0 Å². The van der Waals surface area contributed by atoms with Crippen LogP contribution in [0, 0.1) is 5.92 Å². The standard InChI is InChI=1S/C46H47NO3/c1-49-42-32-17-15-29-39(42)45(35-21-7-3-8-22-35,36-23-9-4-10-24-36)41(31-19-20-34-47)44(48)46(37-25-11-5-12-26-37,38-27-13-6-14-28-38)40-30-16-18-33-43(40)50-2/h3-18,21-30,32-33,41,44,48H,19-20,31,34,47H2,1-2H3. The van der Waals surface area contributed by atoms with Gasteiger partial charge < -0.3 is 20.3 Å². The SMILES string of the molecule is COc1ccccc1C(c1ccccc1)(c1ccccc1)C(O)C(CCCCN)C(c1ccccc1)(c1ccccc1)c1ccccc1OC. The van der Waals surface area contributed by atoms with E-state index in [0.717, 1.165) is 52.0 Å². The lowest BCUT2D eigenvalue weighted by atomic mass is 9.52. The van der Waals surface area contributed by atoms with E-state index in [0.29, 0.717) is 18.7 Å². The summed E-state index contributed by atoms with van der Waals surface area (Å²) in [6.07, 6.45) is 1.33. The van der Waals surface area contributed by atoms with Crippen LogP contribution in [-0.4, -0.2) is 32.0 Å². The molecule has 0 aliphatic rings. The highest BCUT2D eigenvalue weighted by Gasteiger charge is 2.56. The molecule has 2 unspecified atom stereocenters. The Morgan fingerprint density at radius 1 is 0.480 bits per heavy atom. The summed E-state index contributed by atoms with van der Waals surface area (Å²) in [4.78, 5) is 0. The van der Waals surface area contributed by atoms with Crippen LogP contribution in [0.4, 0.5) is 0 Å². The minimum absolute atomic E-state index is 0.402. The monoisotopic (exact) mass is 661 g/mol. The third-order valence-corrected chi connectivity index (χ3v) is 10.3. The molecule has 0 aromatic heterocycles. The molecule has 3 N–H and O–H groups in total. The van der Waals surface area contributed by atoms with Crippen LogP contribution in [0.5, 0.6) is 11.5 Å². The Kier molecular flexibility index (Phi) is 11.1. The van der Waals surface area contributed by atoms with E-state index < -0.39 is 22.9 Å². The lowest BCUT2D eigenvalue weighted by molar-refractivity contribution is 0.0308. The predicted octanol–water partition coefficient (Wildman–Crippen LogP) is 9.18. The molecule has 0 aliphatic heterocycles. The second-order valence-electron chi connectivity index (χ2n) is 12.8. The van der Waals surface area contributed by atoms with Crippen molar-refractivity contribution in [3.63, 3.8) is 0 Å². The second-order valence-corrected chi connectivity index (χ2v) is 12.8. The number of para-hydroxylation sites is 2. The van der Waals surface area contributed by atoms with Crippen molar-refractivity contribution in [1.29, 1.82) is 0 Å². The molecule has 4 nitrogen and oxygen atoms in total. The fourth-order valence-corrected chi connectivity index (χ4v) is 8.25. The molecule has 0 fully saturated rings. The zero-order chi connectivity index (χ0) is 34.8. The molecule has 0 radical (unpaired) electrons. The number of aliphatic hydroxyl groups is 1. The van der Waals surface area contributed by atoms with E-state index in [1.807, 2.05) is 42.5 Å². The highest BCUT2D eigenvalue weighted by Crippen LogP contribution is 2.57. The normalized spacial score (nSPS) is 13.0. The van der Waals surface area contributed by atoms with Gasteiger partial charge in [0.25, 0.3) is 0 Å². The number of benzene rings is 6. The number of aliphatic hydroxyl groups excluding tert-OH is 1. The molecule has 0 amide bonds. The fraction of sp³-hybridized carbons (Fsp3) is 0.217. The Labute approximate surface area is 297 Å². The molecular formula is C46H47NO3. The van der Waals surface area contributed by atoms with Gasteiger partial charge in [-0.2, -0.15) is 0 Å². The van der Waals surface area contributed by atoms with Crippen LogP contribution >= 0.6 is 0 Å². The van der Waals surface area contributed by atoms with Gasteiger partial charge in [0.1, 0.15) is 11.5 Å². The van der Waals surface area contributed by atoms with Crippen molar-refractivity contribution in [2.75, 3.05) is 20.8 Å². The number of unbranched alkanes of at least 4 members (excludes halogenated alkanes) is 1. The lowest BCUT2D eigenvalue weighted by Crippen LogP contribution is -2.54. The van der Waals surface area contributed by atoms with Gasteiger partial charge in [-0.3, -0.25) is 0 Å². The average Bonchev–Trinajstić information content (AvgIpc) is 3.20. The third kappa shape index (κ3) is 6.22. The van der Waals surface area contributed by atoms with Crippen molar-refractivity contribution in [1.82, 2.24) is 0 Å². The summed E-state index contributed by atoms with van der Waals surface area (Å²) in [6.45, 7) is 0.566. The highest BCUT2D eigenvalue weighted by atomic mass is 16.5. The van der Waals surface area contributed by atoms with Crippen molar-refractivity contribution in [3.8, 4) is 11.5 Å². The van der Waals surface area contributed by atoms with Crippen LogP contribution in [0.25, 0.3) is 0 Å². The van der Waals surface area contributed by atoms with Crippen LogP contribution in [0.15, 0.2) is 170 Å². The molecular weight excluding hydrogens is 615 g/mol. The van der Waals surface area contributed by atoms with Gasteiger partial charge in [0.15, 0.2) is 0 Å². The van der Waals surface area contributed by atoms with E-state index in [-0.39, 0.29) is 0 Å². The minimum atomic E-state index is -1.06. The number of hydrogen-bond donors (Lipinski definition) is 2. The second kappa shape index (κ2) is 16.0. The van der Waals surface area contributed by atoms with E-state index in [9.17, 15) is 5.11 Å². The van der Waals surface area contributed by atoms with Crippen molar-refractivity contribution < 1.29 is 14.6 Å². The van der Waals surface area contributed by atoms with E-state index in [2.05, 4.69) is 127 Å². The van der Waals surface area contributed by atoms with Crippen molar-refractivity contribution in [2.24, 2.45) is 11.7 Å². The Hall–Kier alpha value is -5.16.